The van der Waals surface area contributed by atoms with Crippen molar-refractivity contribution in [3.63, 3.8) is 0 Å². The topological polar surface area (TPSA) is 58.4 Å². The van der Waals surface area contributed by atoms with Crippen molar-refractivity contribution in [2.45, 2.75) is 44.8 Å². The summed E-state index contributed by atoms with van der Waals surface area (Å²) in [6, 6.07) is 10.7. The molecule has 1 aliphatic heterocycles. The molecule has 1 aromatic carbocycles. The maximum Gasteiger partial charge on any atom is 0.222 e. The first-order chi connectivity index (χ1) is 9.56. The van der Waals surface area contributed by atoms with E-state index in [0.29, 0.717) is 24.9 Å². The van der Waals surface area contributed by atoms with Crippen molar-refractivity contribution in [3.8, 4) is 0 Å². The molecule has 0 radical (unpaired) electrons. The van der Waals surface area contributed by atoms with E-state index in [1.54, 1.807) is 0 Å². The fraction of sp³-hybridized carbons (Fsp3) is 0.562. The highest BCUT2D eigenvalue weighted by molar-refractivity contribution is 5.76. The molecular formula is C16H25N3O. The van der Waals surface area contributed by atoms with Gasteiger partial charge in [0.2, 0.25) is 5.91 Å². The smallest absolute Gasteiger partial charge is 0.222 e. The van der Waals surface area contributed by atoms with E-state index in [-0.39, 0.29) is 11.9 Å². The van der Waals surface area contributed by atoms with Crippen molar-refractivity contribution in [2.24, 2.45) is 5.73 Å². The lowest BCUT2D eigenvalue weighted by molar-refractivity contribution is -0.133. The first kappa shape index (κ1) is 15.0. The van der Waals surface area contributed by atoms with Crippen molar-refractivity contribution < 1.29 is 4.79 Å². The van der Waals surface area contributed by atoms with E-state index in [1.165, 1.54) is 0 Å². The number of carbonyl (C=O) groups is 1. The number of hydrogen-bond acceptors (Lipinski definition) is 3. The monoisotopic (exact) mass is 275 g/mol. The minimum atomic E-state index is -0.0575. The number of nitrogens with one attached hydrogen (secondary N) is 1. The summed E-state index contributed by atoms with van der Waals surface area (Å²) in [5, 5.41) is 3.44. The van der Waals surface area contributed by atoms with Crippen molar-refractivity contribution in [1.82, 2.24) is 10.2 Å². The molecule has 3 N–H and O–H groups in total. The van der Waals surface area contributed by atoms with E-state index in [1.807, 2.05) is 35.2 Å². The van der Waals surface area contributed by atoms with Crippen LogP contribution in [0.3, 0.4) is 0 Å². The van der Waals surface area contributed by atoms with Gasteiger partial charge in [-0.05, 0) is 25.8 Å². The van der Waals surface area contributed by atoms with Gasteiger partial charge >= 0.3 is 0 Å². The minimum Gasteiger partial charge on any atom is -0.340 e. The zero-order valence-corrected chi connectivity index (χ0v) is 12.4. The molecule has 0 aliphatic carbocycles. The van der Waals surface area contributed by atoms with Crippen molar-refractivity contribution in [2.75, 3.05) is 13.1 Å². The largest absolute Gasteiger partial charge is 0.340 e. The van der Waals surface area contributed by atoms with Gasteiger partial charge in [0.25, 0.3) is 0 Å². The van der Waals surface area contributed by atoms with Crippen molar-refractivity contribution in [1.29, 1.82) is 0 Å². The fourth-order valence-electron chi connectivity index (χ4n) is 2.83. The molecule has 1 amide bonds. The van der Waals surface area contributed by atoms with Crippen LogP contribution in [0.15, 0.2) is 30.3 Å². The second-order valence-corrected chi connectivity index (χ2v) is 5.82. The van der Waals surface area contributed by atoms with Gasteiger partial charge in [-0.1, -0.05) is 30.3 Å². The number of nitrogens with zero attached hydrogens (tertiary/aromatic N) is 1. The molecular weight excluding hydrogens is 250 g/mol. The average molecular weight is 275 g/mol. The molecule has 4 heteroatoms. The first-order valence-corrected chi connectivity index (χ1v) is 7.40. The molecule has 20 heavy (non-hydrogen) atoms. The minimum absolute atomic E-state index is 0.0575. The summed E-state index contributed by atoms with van der Waals surface area (Å²) >= 11 is 0. The third kappa shape index (κ3) is 4.05. The summed E-state index contributed by atoms with van der Waals surface area (Å²) in [5.41, 5.74) is 7.24. The van der Waals surface area contributed by atoms with Gasteiger partial charge in [-0.3, -0.25) is 4.79 Å². The van der Waals surface area contributed by atoms with Gasteiger partial charge in [0.1, 0.15) is 0 Å². The predicted molar refractivity (Wildman–Crippen MR) is 81.2 cm³/mol. The van der Waals surface area contributed by atoms with E-state index in [9.17, 15) is 4.79 Å². The van der Waals surface area contributed by atoms with Crippen LogP contribution in [0.25, 0.3) is 0 Å². The van der Waals surface area contributed by atoms with Crippen LogP contribution < -0.4 is 11.1 Å². The van der Waals surface area contributed by atoms with Crippen molar-refractivity contribution >= 4 is 5.91 Å². The Kier molecular flexibility index (Phi) is 5.15. The first-order valence-electron chi connectivity index (χ1n) is 7.40. The second-order valence-electron chi connectivity index (χ2n) is 5.82. The maximum absolute atomic E-state index is 12.3. The molecule has 0 saturated carbocycles. The highest BCUT2D eigenvalue weighted by atomic mass is 16.2. The van der Waals surface area contributed by atoms with Crippen LogP contribution in [0.5, 0.6) is 0 Å². The number of carbonyl (C=O) groups excluding carboxylic acids is 1. The number of benzene rings is 1. The molecule has 1 aliphatic rings. The number of piperazine rings is 1. The highest BCUT2D eigenvalue weighted by Crippen LogP contribution is 2.16. The Morgan fingerprint density at radius 1 is 1.30 bits per heavy atom. The Morgan fingerprint density at radius 3 is 2.50 bits per heavy atom. The molecule has 1 aromatic rings. The number of hydrogen-bond donors (Lipinski definition) is 2. The van der Waals surface area contributed by atoms with Gasteiger partial charge in [0.15, 0.2) is 0 Å². The lowest BCUT2D eigenvalue weighted by atomic mass is 10.0. The van der Waals surface area contributed by atoms with Crippen LogP contribution in [-0.4, -0.2) is 36.0 Å². The molecule has 0 spiro atoms. The van der Waals surface area contributed by atoms with Crippen LogP contribution in [0, 0.1) is 0 Å². The lowest BCUT2D eigenvalue weighted by Crippen LogP contribution is -2.55. The van der Waals surface area contributed by atoms with Gasteiger partial charge in [0.05, 0.1) is 0 Å². The quantitative estimate of drug-likeness (QED) is 0.879. The maximum atomic E-state index is 12.3. The summed E-state index contributed by atoms with van der Waals surface area (Å²) in [5.74, 6) is 0.219. The van der Waals surface area contributed by atoms with E-state index in [0.717, 1.165) is 18.7 Å². The van der Waals surface area contributed by atoms with Gasteiger partial charge in [-0.2, -0.15) is 0 Å². The Hall–Kier alpha value is -1.39. The zero-order valence-electron chi connectivity index (χ0n) is 12.4. The van der Waals surface area contributed by atoms with E-state index in [2.05, 4.69) is 19.2 Å². The van der Waals surface area contributed by atoms with E-state index < -0.39 is 0 Å². The molecule has 1 heterocycles. The molecule has 0 unspecified atom stereocenters. The van der Waals surface area contributed by atoms with E-state index >= 15 is 0 Å². The van der Waals surface area contributed by atoms with E-state index in [4.69, 9.17) is 5.73 Å². The lowest BCUT2D eigenvalue weighted by Gasteiger charge is -2.36. The number of nitrogens with two attached hydrogens (primary N) is 1. The van der Waals surface area contributed by atoms with Gasteiger partial charge in [-0.15, -0.1) is 0 Å². The Labute approximate surface area is 121 Å². The summed E-state index contributed by atoms with van der Waals surface area (Å²) in [4.78, 5) is 14.2. The molecule has 4 nitrogen and oxygen atoms in total. The second kappa shape index (κ2) is 6.86. The Balaban J connectivity index is 1.83. The molecule has 0 aromatic heterocycles. The van der Waals surface area contributed by atoms with Gasteiger partial charge in [0, 0.05) is 37.6 Å². The van der Waals surface area contributed by atoms with Crippen LogP contribution in [0.1, 0.15) is 38.3 Å². The fourth-order valence-corrected chi connectivity index (χ4v) is 2.83. The van der Waals surface area contributed by atoms with Crippen LogP contribution >= 0.6 is 0 Å². The molecule has 2 rings (SSSR count). The summed E-state index contributed by atoms with van der Waals surface area (Å²) in [7, 11) is 0. The molecule has 0 bridgehead atoms. The molecule has 110 valence electrons. The van der Waals surface area contributed by atoms with Crippen LogP contribution in [0.2, 0.25) is 0 Å². The Bertz CT molecular complexity index is 425. The standard InChI is InChI=1S/C16H25N3O/c1-12-10-19(11-13(2)18-12)16(20)9-8-15(17)14-6-4-3-5-7-14/h3-7,12-13,15,18H,8-11,17H2,1-2H3/t12-,13-,15+/m1/s1. The Morgan fingerprint density at radius 2 is 1.90 bits per heavy atom. The number of rotatable bonds is 4. The van der Waals surface area contributed by atoms with Crippen LogP contribution in [0.4, 0.5) is 0 Å². The zero-order chi connectivity index (χ0) is 14.5. The third-order valence-corrected chi connectivity index (χ3v) is 3.81. The highest BCUT2D eigenvalue weighted by Gasteiger charge is 2.24. The normalized spacial score (nSPS) is 24.4. The third-order valence-electron chi connectivity index (χ3n) is 3.81. The van der Waals surface area contributed by atoms with Gasteiger partial charge < -0.3 is 16.0 Å². The predicted octanol–water partition coefficient (Wildman–Crippen LogP) is 1.68. The van der Waals surface area contributed by atoms with Gasteiger partial charge in [-0.25, -0.2) is 0 Å². The molecule has 1 fully saturated rings. The summed E-state index contributed by atoms with van der Waals surface area (Å²) in [6.07, 6.45) is 1.23. The van der Waals surface area contributed by atoms with Crippen LogP contribution in [-0.2, 0) is 4.79 Å². The molecule has 3 atom stereocenters. The SMILES string of the molecule is C[C@@H]1CN(C(=O)CC[C@H](N)c2ccccc2)C[C@@H](C)N1. The average Bonchev–Trinajstić information content (AvgIpc) is 2.44. The number of amides is 1. The summed E-state index contributed by atoms with van der Waals surface area (Å²) < 4.78 is 0. The summed E-state index contributed by atoms with van der Waals surface area (Å²) in [6.45, 7) is 5.82. The molecule has 1 saturated heterocycles. The van der Waals surface area contributed by atoms with Crippen molar-refractivity contribution in [3.05, 3.63) is 35.9 Å².